The molecule has 0 radical (unpaired) electrons. The van der Waals surface area contributed by atoms with Crippen LogP contribution in [0.5, 0.6) is 0 Å². The topological polar surface area (TPSA) is 79.3 Å². The van der Waals surface area contributed by atoms with Crippen LogP contribution in [-0.2, 0) is 11.3 Å². The van der Waals surface area contributed by atoms with E-state index in [9.17, 15) is 9.59 Å². The number of rotatable bonds is 6. The minimum absolute atomic E-state index is 0. The first-order valence-corrected chi connectivity index (χ1v) is 8.95. The summed E-state index contributed by atoms with van der Waals surface area (Å²) in [6.07, 6.45) is 3.99. The number of halogens is 1. The Morgan fingerprint density at radius 1 is 1.30 bits per heavy atom. The highest BCUT2D eigenvalue weighted by molar-refractivity contribution is 5.94. The third-order valence-corrected chi connectivity index (χ3v) is 4.57. The molecule has 1 aromatic heterocycles. The zero-order valence-corrected chi connectivity index (χ0v) is 16.2. The third kappa shape index (κ3) is 5.80. The third-order valence-electron chi connectivity index (χ3n) is 4.57. The zero-order valence-electron chi connectivity index (χ0n) is 15.4. The molecule has 2 amide bonds. The smallest absolute Gasteiger partial charge is 0.272 e. The van der Waals surface area contributed by atoms with Gasteiger partial charge in [-0.05, 0) is 31.0 Å². The van der Waals surface area contributed by atoms with Crippen molar-refractivity contribution in [3.05, 3.63) is 53.9 Å². The van der Waals surface area contributed by atoms with E-state index in [1.807, 2.05) is 41.2 Å². The maximum Gasteiger partial charge on any atom is 0.272 e. The van der Waals surface area contributed by atoms with Crippen molar-refractivity contribution < 1.29 is 9.59 Å². The van der Waals surface area contributed by atoms with Gasteiger partial charge in [-0.2, -0.15) is 5.10 Å². The maximum atomic E-state index is 12.3. The lowest BCUT2D eigenvalue weighted by atomic mass is 10.1. The molecular weight excluding hydrogens is 366 g/mol. The van der Waals surface area contributed by atoms with Crippen LogP contribution in [0, 0.1) is 0 Å². The summed E-state index contributed by atoms with van der Waals surface area (Å²) in [4.78, 5) is 26.1. The van der Waals surface area contributed by atoms with Crippen LogP contribution >= 0.6 is 12.4 Å². The van der Waals surface area contributed by atoms with Crippen molar-refractivity contribution in [3.63, 3.8) is 0 Å². The Morgan fingerprint density at radius 3 is 2.78 bits per heavy atom. The van der Waals surface area contributed by atoms with Gasteiger partial charge in [0.1, 0.15) is 5.69 Å². The van der Waals surface area contributed by atoms with Crippen molar-refractivity contribution >= 4 is 24.2 Å². The van der Waals surface area contributed by atoms with Crippen LogP contribution in [0.4, 0.5) is 0 Å². The van der Waals surface area contributed by atoms with Crippen LogP contribution in [0.2, 0.25) is 0 Å². The van der Waals surface area contributed by atoms with Gasteiger partial charge in [-0.1, -0.05) is 30.3 Å². The Labute approximate surface area is 165 Å². The number of hydrogen-bond donors (Lipinski definition) is 2. The Morgan fingerprint density at radius 2 is 2.07 bits per heavy atom. The highest BCUT2D eigenvalue weighted by Gasteiger charge is 2.18. The zero-order chi connectivity index (χ0) is 18.4. The monoisotopic (exact) mass is 391 g/mol. The fourth-order valence-corrected chi connectivity index (χ4v) is 3.05. The fourth-order valence-electron chi connectivity index (χ4n) is 3.05. The minimum atomic E-state index is -0.325. The molecule has 1 atom stereocenters. The van der Waals surface area contributed by atoms with E-state index in [2.05, 4.69) is 15.7 Å². The molecule has 7 nitrogen and oxygen atoms in total. The van der Waals surface area contributed by atoms with Crippen molar-refractivity contribution in [2.45, 2.75) is 25.4 Å². The predicted octanol–water partition coefficient (Wildman–Crippen LogP) is 1.62. The van der Waals surface area contributed by atoms with Crippen molar-refractivity contribution in [3.8, 4) is 0 Å². The maximum absolute atomic E-state index is 12.3. The van der Waals surface area contributed by atoms with Crippen molar-refractivity contribution in [2.24, 2.45) is 0 Å². The number of likely N-dealkylation sites (N-methyl/N-ethyl adjacent to an activating group) is 1. The predicted molar refractivity (Wildman–Crippen MR) is 106 cm³/mol. The molecule has 8 heteroatoms. The highest BCUT2D eigenvalue weighted by atomic mass is 35.5. The molecule has 1 unspecified atom stereocenters. The molecule has 2 N–H and O–H groups in total. The van der Waals surface area contributed by atoms with Crippen molar-refractivity contribution in [2.75, 3.05) is 26.7 Å². The molecule has 0 saturated carbocycles. The summed E-state index contributed by atoms with van der Waals surface area (Å²) in [6.45, 7) is 2.37. The average molecular weight is 392 g/mol. The standard InChI is InChI=1S/C19H25N5O2.ClH/c1-23(14-15-6-3-2-4-7-15)18(25)13-21-19(26)17-9-11-24(22-17)16-8-5-10-20-12-16;/h2-4,6-7,9,11,16,20H,5,8,10,12-14H2,1H3,(H,21,26);1H. The van der Waals surface area contributed by atoms with Crippen LogP contribution in [-0.4, -0.2) is 53.2 Å². The Hall–Kier alpha value is -2.38. The van der Waals surface area contributed by atoms with Gasteiger partial charge in [-0.15, -0.1) is 12.4 Å². The molecular formula is C19H26ClN5O2. The van der Waals surface area contributed by atoms with Crippen molar-refractivity contribution in [1.29, 1.82) is 0 Å². The van der Waals surface area contributed by atoms with Crippen LogP contribution < -0.4 is 10.6 Å². The molecule has 0 bridgehead atoms. The summed E-state index contributed by atoms with van der Waals surface area (Å²) in [5.74, 6) is -0.466. The summed E-state index contributed by atoms with van der Waals surface area (Å²) in [7, 11) is 1.73. The Balaban J connectivity index is 0.00000261. The van der Waals surface area contributed by atoms with Gasteiger partial charge in [-0.3, -0.25) is 14.3 Å². The fraction of sp³-hybridized carbons (Fsp3) is 0.421. The second-order valence-corrected chi connectivity index (χ2v) is 6.60. The molecule has 1 fully saturated rings. The van der Waals surface area contributed by atoms with E-state index in [1.165, 1.54) is 0 Å². The number of amides is 2. The van der Waals surface area contributed by atoms with Crippen LogP contribution in [0.3, 0.4) is 0 Å². The first kappa shape index (κ1) is 20.9. The van der Waals surface area contributed by atoms with Gasteiger partial charge in [0, 0.05) is 26.3 Å². The van der Waals surface area contributed by atoms with Gasteiger partial charge in [-0.25, -0.2) is 0 Å². The quantitative estimate of drug-likeness (QED) is 0.784. The number of piperidine rings is 1. The lowest BCUT2D eigenvalue weighted by Gasteiger charge is -2.22. The van der Waals surface area contributed by atoms with Crippen LogP contribution in [0.1, 0.15) is 34.9 Å². The second-order valence-electron chi connectivity index (χ2n) is 6.60. The van der Waals surface area contributed by atoms with Gasteiger partial charge in [0.2, 0.25) is 5.91 Å². The van der Waals surface area contributed by atoms with E-state index in [-0.39, 0.29) is 36.8 Å². The van der Waals surface area contributed by atoms with Gasteiger partial charge < -0.3 is 15.5 Å². The average Bonchev–Trinajstić information content (AvgIpc) is 3.17. The number of aromatic nitrogens is 2. The largest absolute Gasteiger partial charge is 0.342 e. The molecule has 27 heavy (non-hydrogen) atoms. The molecule has 3 rings (SSSR count). The summed E-state index contributed by atoms with van der Waals surface area (Å²) in [5, 5.41) is 10.4. The first-order valence-electron chi connectivity index (χ1n) is 8.95. The second kappa shape index (κ2) is 10.1. The number of nitrogens with one attached hydrogen (secondary N) is 2. The van der Waals surface area contributed by atoms with E-state index in [0.29, 0.717) is 12.2 Å². The van der Waals surface area contributed by atoms with E-state index < -0.39 is 0 Å². The first-order chi connectivity index (χ1) is 12.6. The minimum Gasteiger partial charge on any atom is -0.342 e. The normalized spacial score (nSPS) is 16.3. The number of hydrogen-bond acceptors (Lipinski definition) is 4. The molecule has 146 valence electrons. The van der Waals surface area contributed by atoms with Gasteiger partial charge in [0.25, 0.3) is 5.91 Å². The van der Waals surface area contributed by atoms with Crippen molar-refractivity contribution in [1.82, 2.24) is 25.3 Å². The summed E-state index contributed by atoms with van der Waals surface area (Å²) in [5.41, 5.74) is 1.39. The lowest BCUT2D eigenvalue weighted by molar-refractivity contribution is -0.129. The molecule has 0 aliphatic carbocycles. The summed E-state index contributed by atoms with van der Waals surface area (Å²) < 4.78 is 1.84. The van der Waals surface area contributed by atoms with E-state index in [0.717, 1.165) is 31.5 Å². The number of nitrogens with zero attached hydrogens (tertiary/aromatic N) is 3. The number of benzene rings is 1. The van der Waals surface area contributed by atoms with Gasteiger partial charge in [0.15, 0.2) is 0 Å². The molecule has 2 aromatic rings. The molecule has 1 aliphatic rings. The van der Waals surface area contributed by atoms with E-state index in [1.54, 1.807) is 18.0 Å². The van der Waals surface area contributed by atoms with Gasteiger partial charge >= 0.3 is 0 Å². The lowest BCUT2D eigenvalue weighted by Crippen LogP contribution is -2.38. The SMILES string of the molecule is CN(Cc1ccccc1)C(=O)CNC(=O)c1ccn(C2CCCNC2)n1.Cl. The Bertz CT molecular complexity index is 744. The molecule has 0 spiro atoms. The molecule has 1 saturated heterocycles. The van der Waals surface area contributed by atoms with Crippen LogP contribution in [0.25, 0.3) is 0 Å². The summed E-state index contributed by atoms with van der Waals surface area (Å²) in [6, 6.07) is 11.7. The van der Waals surface area contributed by atoms with E-state index in [4.69, 9.17) is 0 Å². The molecule has 2 heterocycles. The molecule has 1 aliphatic heterocycles. The summed E-state index contributed by atoms with van der Waals surface area (Å²) >= 11 is 0. The number of carbonyl (C=O) groups excluding carboxylic acids is 2. The Kier molecular flexibility index (Phi) is 7.82. The van der Waals surface area contributed by atoms with Gasteiger partial charge in [0.05, 0.1) is 12.6 Å². The highest BCUT2D eigenvalue weighted by Crippen LogP contribution is 2.15. The number of carbonyl (C=O) groups is 2. The molecule has 1 aromatic carbocycles. The van der Waals surface area contributed by atoms with E-state index >= 15 is 0 Å². The van der Waals surface area contributed by atoms with Crippen LogP contribution in [0.15, 0.2) is 42.6 Å².